The van der Waals surface area contributed by atoms with Crippen molar-refractivity contribution < 1.29 is 4.79 Å². The number of halogens is 1. The number of hydrogen-bond acceptors (Lipinski definition) is 5. The first-order chi connectivity index (χ1) is 12.5. The van der Waals surface area contributed by atoms with Crippen molar-refractivity contribution >= 4 is 44.7 Å². The molecular formula is C19H13ClN4OS. The van der Waals surface area contributed by atoms with Crippen LogP contribution in [0.25, 0.3) is 32.7 Å². The van der Waals surface area contributed by atoms with E-state index in [0.717, 1.165) is 16.8 Å². The fraction of sp³-hybridized carbons (Fsp3) is 0. The quantitative estimate of drug-likeness (QED) is 0.552. The van der Waals surface area contributed by atoms with E-state index in [9.17, 15) is 4.79 Å². The van der Waals surface area contributed by atoms with Crippen molar-refractivity contribution in [3.05, 3.63) is 64.6 Å². The number of nitrogens with zero attached hydrogens (tertiary/aromatic N) is 2. The number of fused-ring (bicyclic) bond motifs is 1. The van der Waals surface area contributed by atoms with Crippen molar-refractivity contribution in [2.24, 2.45) is 5.73 Å². The van der Waals surface area contributed by atoms with Crippen molar-refractivity contribution in [3.8, 4) is 22.5 Å². The predicted molar refractivity (Wildman–Crippen MR) is 106 cm³/mol. The third-order valence-corrected chi connectivity index (χ3v) is 5.37. The number of carbonyl (C=O) groups is 1. The highest BCUT2D eigenvalue weighted by molar-refractivity contribution is 7.21. The molecule has 4 N–H and O–H groups in total. The molecule has 1 aromatic carbocycles. The average molecular weight is 381 g/mol. The van der Waals surface area contributed by atoms with E-state index in [-0.39, 0.29) is 0 Å². The number of pyridine rings is 2. The molecule has 4 rings (SSSR count). The Kier molecular flexibility index (Phi) is 4.06. The molecule has 0 spiro atoms. The Morgan fingerprint density at radius 2 is 1.85 bits per heavy atom. The zero-order chi connectivity index (χ0) is 18.3. The molecule has 5 nitrogen and oxygen atoms in total. The summed E-state index contributed by atoms with van der Waals surface area (Å²) in [5.41, 5.74) is 15.2. The molecule has 0 aliphatic rings. The summed E-state index contributed by atoms with van der Waals surface area (Å²) in [5, 5.41) is 1.35. The number of benzene rings is 1. The van der Waals surface area contributed by atoms with E-state index in [4.69, 9.17) is 23.1 Å². The lowest BCUT2D eigenvalue weighted by atomic mass is 10.0. The fourth-order valence-electron chi connectivity index (χ4n) is 2.81. The fourth-order valence-corrected chi connectivity index (χ4v) is 3.90. The molecule has 0 aliphatic carbocycles. The first-order valence-corrected chi connectivity index (χ1v) is 8.94. The van der Waals surface area contributed by atoms with Gasteiger partial charge in [0, 0.05) is 16.6 Å². The number of primary amides is 1. The van der Waals surface area contributed by atoms with E-state index >= 15 is 0 Å². The van der Waals surface area contributed by atoms with Crippen LogP contribution in [0.3, 0.4) is 0 Å². The first kappa shape index (κ1) is 16.5. The van der Waals surface area contributed by atoms with Gasteiger partial charge in [0.1, 0.15) is 9.71 Å². The normalized spacial score (nSPS) is 11.0. The molecule has 7 heteroatoms. The molecule has 0 radical (unpaired) electrons. The molecule has 26 heavy (non-hydrogen) atoms. The minimum absolute atomic E-state index is 0.306. The molecule has 0 unspecified atom stereocenters. The summed E-state index contributed by atoms with van der Waals surface area (Å²) in [5.74, 6) is -0.563. The summed E-state index contributed by atoms with van der Waals surface area (Å²) < 4.78 is 0. The lowest BCUT2D eigenvalue weighted by molar-refractivity contribution is 0.100. The summed E-state index contributed by atoms with van der Waals surface area (Å²) in [4.78, 5) is 21.7. The molecule has 128 valence electrons. The van der Waals surface area contributed by atoms with Crippen molar-refractivity contribution in [2.45, 2.75) is 0 Å². The highest BCUT2D eigenvalue weighted by Gasteiger charge is 2.20. The van der Waals surface area contributed by atoms with Crippen LogP contribution in [0.15, 0.2) is 54.7 Å². The SMILES string of the molecule is NC(=O)c1sc2nc(-c3ccccn3)cc(-c3ccc(Cl)cc3)c2c1N. The average Bonchev–Trinajstić information content (AvgIpc) is 2.99. The Hall–Kier alpha value is -2.96. The van der Waals surface area contributed by atoms with E-state index in [0.29, 0.717) is 31.5 Å². The molecule has 0 aliphatic heterocycles. The number of thiophene rings is 1. The molecule has 0 saturated heterocycles. The second-order valence-electron chi connectivity index (χ2n) is 5.67. The second-order valence-corrected chi connectivity index (χ2v) is 7.10. The summed E-state index contributed by atoms with van der Waals surface area (Å²) in [6.07, 6.45) is 1.71. The van der Waals surface area contributed by atoms with Crippen molar-refractivity contribution in [2.75, 3.05) is 5.73 Å². The van der Waals surface area contributed by atoms with Gasteiger partial charge < -0.3 is 11.5 Å². The highest BCUT2D eigenvalue weighted by Crippen LogP contribution is 2.41. The summed E-state index contributed by atoms with van der Waals surface area (Å²) in [6.45, 7) is 0. The van der Waals surface area contributed by atoms with Gasteiger partial charge in [0.2, 0.25) is 0 Å². The van der Waals surface area contributed by atoms with Crippen molar-refractivity contribution in [3.63, 3.8) is 0 Å². The van der Waals surface area contributed by atoms with Crippen LogP contribution in [-0.2, 0) is 0 Å². The largest absolute Gasteiger partial charge is 0.397 e. The maximum atomic E-state index is 11.7. The Bertz CT molecular complexity index is 1120. The zero-order valence-corrected chi connectivity index (χ0v) is 15.0. The number of amides is 1. The third kappa shape index (κ3) is 2.79. The number of aromatic nitrogens is 2. The van der Waals surface area contributed by atoms with Crippen molar-refractivity contribution in [1.29, 1.82) is 0 Å². The molecule has 3 heterocycles. The minimum atomic E-state index is -0.563. The number of carbonyl (C=O) groups excluding carboxylic acids is 1. The van der Waals surface area contributed by atoms with Gasteiger partial charge >= 0.3 is 0 Å². The Labute approximate surface area is 158 Å². The molecule has 0 bridgehead atoms. The predicted octanol–water partition coefficient (Wildman–Crippen LogP) is 4.36. The number of rotatable bonds is 3. The minimum Gasteiger partial charge on any atom is -0.397 e. The third-order valence-electron chi connectivity index (χ3n) is 4.01. The van der Waals surface area contributed by atoms with Crippen LogP contribution in [-0.4, -0.2) is 15.9 Å². The van der Waals surface area contributed by atoms with Crippen LogP contribution in [0.1, 0.15) is 9.67 Å². The molecule has 0 saturated carbocycles. The maximum Gasteiger partial charge on any atom is 0.260 e. The van der Waals surface area contributed by atoms with Gasteiger partial charge in [-0.15, -0.1) is 11.3 Å². The zero-order valence-electron chi connectivity index (χ0n) is 13.4. The number of nitrogen functional groups attached to an aromatic ring is 1. The van der Waals surface area contributed by atoms with Gasteiger partial charge in [-0.2, -0.15) is 0 Å². The van der Waals surface area contributed by atoms with E-state index in [2.05, 4.69) is 9.97 Å². The highest BCUT2D eigenvalue weighted by atomic mass is 35.5. The van der Waals surface area contributed by atoms with Gasteiger partial charge in [-0.1, -0.05) is 29.8 Å². The molecule has 0 atom stereocenters. The van der Waals surface area contributed by atoms with Gasteiger partial charge in [0.25, 0.3) is 5.91 Å². The first-order valence-electron chi connectivity index (χ1n) is 7.75. The van der Waals surface area contributed by atoms with Gasteiger partial charge in [0.15, 0.2) is 0 Å². The van der Waals surface area contributed by atoms with Crippen LogP contribution in [0.4, 0.5) is 5.69 Å². The summed E-state index contributed by atoms with van der Waals surface area (Å²) in [7, 11) is 0. The monoisotopic (exact) mass is 380 g/mol. The van der Waals surface area contributed by atoms with E-state index in [1.807, 2.05) is 36.4 Å². The topological polar surface area (TPSA) is 94.9 Å². The maximum absolute atomic E-state index is 11.7. The van der Waals surface area contributed by atoms with Gasteiger partial charge in [0.05, 0.1) is 17.1 Å². The smallest absolute Gasteiger partial charge is 0.260 e. The number of anilines is 1. The molecule has 4 aromatic rings. The Morgan fingerprint density at radius 1 is 1.08 bits per heavy atom. The lowest BCUT2D eigenvalue weighted by Crippen LogP contribution is -2.10. The molecule has 1 amide bonds. The van der Waals surface area contributed by atoms with Crippen LogP contribution < -0.4 is 11.5 Å². The Morgan fingerprint density at radius 3 is 2.50 bits per heavy atom. The molecular weight excluding hydrogens is 368 g/mol. The second kappa shape index (κ2) is 6.40. The van der Waals surface area contributed by atoms with Gasteiger partial charge in [-0.25, -0.2) is 4.98 Å². The number of hydrogen-bond donors (Lipinski definition) is 2. The molecule has 0 fully saturated rings. The molecule has 3 aromatic heterocycles. The van der Waals surface area contributed by atoms with Gasteiger partial charge in [-0.05, 0) is 41.5 Å². The van der Waals surface area contributed by atoms with Crippen LogP contribution in [0.5, 0.6) is 0 Å². The van der Waals surface area contributed by atoms with E-state index in [1.54, 1.807) is 18.3 Å². The van der Waals surface area contributed by atoms with Gasteiger partial charge in [-0.3, -0.25) is 9.78 Å². The van der Waals surface area contributed by atoms with Crippen molar-refractivity contribution in [1.82, 2.24) is 9.97 Å². The summed E-state index contributed by atoms with van der Waals surface area (Å²) in [6, 6.07) is 15.0. The van der Waals surface area contributed by atoms with E-state index < -0.39 is 5.91 Å². The Balaban J connectivity index is 2.06. The van der Waals surface area contributed by atoms with Crippen LogP contribution in [0.2, 0.25) is 5.02 Å². The number of nitrogens with two attached hydrogens (primary N) is 2. The lowest BCUT2D eigenvalue weighted by Gasteiger charge is -2.08. The summed E-state index contributed by atoms with van der Waals surface area (Å²) >= 11 is 7.20. The van der Waals surface area contributed by atoms with Crippen LogP contribution in [0, 0.1) is 0 Å². The van der Waals surface area contributed by atoms with E-state index in [1.165, 1.54) is 11.3 Å². The van der Waals surface area contributed by atoms with Crippen LogP contribution >= 0.6 is 22.9 Å². The standard InChI is InChI=1S/C19H13ClN4OS/c20-11-6-4-10(5-7-11)12-9-14(13-3-1-2-8-23-13)24-19-15(12)16(21)17(26-19)18(22)25/h1-9H,21H2,(H2,22,25).